The van der Waals surface area contributed by atoms with Crippen LogP contribution in [0, 0.1) is 6.92 Å². The number of carboxylic acid groups (broad SMARTS) is 2. The first-order chi connectivity index (χ1) is 26.8. The molecule has 0 atom stereocenters. The molecule has 3 aromatic heterocycles. The average Bonchev–Trinajstić information content (AvgIpc) is 3.89. The third-order valence-corrected chi connectivity index (χ3v) is 8.84. The van der Waals surface area contributed by atoms with Gasteiger partial charge >= 0.3 is 18.1 Å². The molecule has 1 amide bonds. The Bertz CT molecular complexity index is 2670. The van der Waals surface area contributed by atoms with E-state index in [0.29, 0.717) is 40.4 Å². The van der Waals surface area contributed by atoms with E-state index >= 15 is 0 Å². The monoisotopic (exact) mass is 758 g/mol. The van der Waals surface area contributed by atoms with Crippen LogP contribution in [0.1, 0.15) is 49.1 Å². The van der Waals surface area contributed by atoms with Crippen LogP contribution in [0.15, 0.2) is 109 Å². The zero-order valence-corrected chi connectivity index (χ0v) is 29.5. The second kappa shape index (κ2) is 14.7. The van der Waals surface area contributed by atoms with Crippen LogP contribution in [-0.4, -0.2) is 69.6 Å². The third kappa shape index (κ3) is 7.48. The van der Waals surface area contributed by atoms with Gasteiger partial charge in [-0.25, -0.2) is 23.9 Å². The number of aromatic carboxylic acids is 2. The highest BCUT2D eigenvalue weighted by molar-refractivity contribution is 5.96. The number of alkyl halides is 3. The van der Waals surface area contributed by atoms with E-state index in [1.54, 1.807) is 85.5 Å². The Labute approximate surface area is 315 Å². The lowest BCUT2D eigenvalue weighted by molar-refractivity contribution is -0.138. The summed E-state index contributed by atoms with van der Waals surface area (Å²) in [5.41, 5.74) is 3.48. The van der Waals surface area contributed by atoms with Crippen molar-refractivity contribution in [3.8, 4) is 56.4 Å². The number of nitrogens with zero attached hydrogens (tertiary/aromatic N) is 7. The first kappa shape index (κ1) is 36.9. The smallest absolute Gasteiger partial charge is 0.417 e. The fraction of sp³-hybridized carbons (Fsp3) is 0.100. The topological polar surface area (TPSA) is 178 Å². The van der Waals surface area contributed by atoms with Gasteiger partial charge in [0, 0.05) is 12.1 Å². The molecule has 0 aliphatic carbocycles. The largest absolute Gasteiger partial charge is 0.478 e. The molecule has 7 rings (SSSR count). The standard InChI is InChI=1S/C40H29F3N8O5/c1-3-44-37(52)27-18-33(35-20-50(48-46-35)28-8-4-6-23(15-28)25-10-12-30(38(53)54)22(2)14-25)45-34(19-27)36-21-51(49-47-36)29-9-5-7-24(16-29)26-11-13-31(39(55)56)32(17-26)40(41,42)43/h4-21H,3H2,1-2H3,(H,44,52)(H,53,54)(H,55,56). The number of amides is 1. The SMILES string of the molecule is CCNC(=O)c1cc(-c2cn(-c3cccc(-c4ccc(C(=O)O)c(C)c4)c3)nn2)nc(-c2cn(-c3cccc(-c4ccc(C(=O)O)c(C(F)(F)F)c4)c3)nn2)c1. The van der Waals surface area contributed by atoms with E-state index in [4.69, 9.17) is 4.98 Å². The van der Waals surface area contributed by atoms with Gasteiger partial charge in [-0.05, 0) is 96.3 Å². The van der Waals surface area contributed by atoms with E-state index in [-0.39, 0.29) is 34.0 Å². The number of hydrogen-bond donors (Lipinski definition) is 3. The van der Waals surface area contributed by atoms with Crippen LogP contribution < -0.4 is 5.32 Å². The van der Waals surface area contributed by atoms with Gasteiger partial charge in [-0.2, -0.15) is 13.2 Å². The number of hydrogen-bond acceptors (Lipinski definition) is 8. The number of carbonyl (C=O) groups is 3. The highest BCUT2D eigenvalue weighted by Gasteiger charge is 2.35. The lowest BCUT2D eigenvalue weighted by Gasteiger charge is -2.13. The molecule has 0 spiro atoms. The molecule has 13 nitrogen and oxygen atoms in total. The number of rotatable bonds is 10. The Balaban J connectivity index is 1.21. The van der Waals surface area contributed by atoms with Gasteiger partial charge < -0.3 is 15.5 Å². The molecule has 0 unspecified atom stereocenters. The van der Waals surface area contributed by atoms with Gasteiger partial charge in [0.15, 0.2) is 0 Å². The summed E-state index contributed by atoms with van der Waals surface area (Å²) < 4.78 is 44.1. The fourth-order valence-electron chi connectivity index (χ4n) is 6.09. The lowest BCUT2D eigenvalue weighted by Crippen LogP contribution is -2.22. The number of benzene rings is 4. The third-order valence-electron chi connectivity index (χ3n) is 8.84. The van der Waals surface area contributed by atoms with Crippen molar-refractivity contribution in [3.63, 3.8) is 0 Å². The summed E-state index contributed by atoms with van der Waals surface area (Å²) in [5.74, 6) is -3.05. The van der Waals surface area contributed by atoms with Crippen molar-refractivity contribution in [3.05, 3.63) is 137 Å². The van der Waals surface area contributed by atoms with Gasteiger partial charge in [-0.15, -0.1) is 10.2 Å². The summed E-state index contributed by atoms with van der Waals surface area (Å²) >= 11 is 0. The molecule has 0 fully saturated rings. The van der Waals surface area contributed by atoms with Crippen LogP contribution in [0.4, 0.5) is 13.2 Å². The van der Waals surface area contributed by atoms with Crippen molar-refractivity contribution in [2.45, 2.75) is 20.0 Å². The van der Waals surface area contributed by atoms with E-state index < -0.39 is 29.2 Å². The molecule has 280 valence electrons. The highest BCUT2D eigenvalue weighted by Crippen LogP contribution is 2.36. The molecule has 3 N–H and O–H groups in total. The number of aromatic nitrogens is 7. The minimum Gasteiger partial charge on any atom is -0.478 e. The Kier molecular flexibility index (Phi) is 9.70. The molecule has 0 bridgehead atoms. The van der Waals surface area contributed by atoms with Crippen molar-refractivity contribution >= 4 is 17.8 Å². The minimum absolute atomic E-state index is 0.148. The number of nitrogens with one attached hydrogen (secondary N) is 1. The first-order valence-corrected chi connectivity index (χ1v) is 16.9. The Morgan fingerprint density at radius 3 is 1.64 bits per heavy atom. The fourth-order valence-corrected chi connectivity index (χ4v) is 6.09. The average molecular weight is 759 g/mol. The summed E-state index contributed by atoms with van der Waals surface area (Å²) in [6, 6.07) is 25.1. The van der Waals surface area contributed by atoms with Crippen molar-refractivity contribution in [1.82, 2.24) is 40.3 Å². The molecular weight excluding hydrogens is 729 g/mol. The maximum Gasteiger partial charge on any atom is 0.417 e. The molecule has 0 saturated heterocycles. The molecule has 0 aliphatic rings. The molecule has 56 heavy (non-hydrogen) atoms. The zero-order chi connectivity index (χ0) is 39.7. The van der Waals surface area contributed by atoms with E-state index in [9.17, 15) is 37.8 Å². The number of aryl methyl sites for hydroxylation is 1. The summed E-state index contributed by atoms with van der Waals surface area (Å²) in [4.78, 5) is 40.8. The van der Waals surface area contributed by atoms with E-state index in [0.717, 1.165) is 23.3 Å². The number of carboxylic acids is 2. The van der Waals surface area contributed by atoms with Gasteiger partial charge in [-0.1, -0.05) is 52.9 Å². The van der Waals surface area contributed by atoms with E-state index in [2.05, 4.69) is 25.9 Å². The highest BCUT2D eigenvalue weighted by atomic mass is 19.4. The van der Waals surface area contributed by atoms with Gasteiger partial charge in [-0.3, -0.25) is 4.79 Å². The van der Waals surface area contributed by atoms with E-state index in [1.165, 1.54) is 10.7 Å². The molecule has 3 heterocycles. The summed E-state index contributed by atoms with van der Waals surface area (Å²) in [6.07, 6.45) is -1.68. The maximum atomic E-state index is 13.7. The van der Waals surface area contributed by atoms with Gasteiger partial charge in [0.2, 0.25) is 0 Å². The van der Waals surface area contributed by atoms with Crippen LogP contribution >= 0.6 is 0 Å². The minimum atomic E-state index is -4.88. The van der Waals surface area contributed by atoms with Crippen LogP contribution in [0.3, 0.4) is 0 Å². The number of halogens is 3. The van der Waals surface area contributed by atoms with Gasteiger partial charge in [0.25, 0.3) is 5.91 Å². The van der Waals surface area contributed by atoms with Crippen molar-refractivity contribution in [1.29, 1.82) is 0 Å². The second-order valence-electron chi connectivity index (χ2n) is 12.6. The van der Waals surface area contributed by atoms with E-state index in [1.807, 2.05) is 24.3 Å². The summed E-state index contributed by atoms with van der Waals surface area (Å²) in [6.45, 7) is 3.89. The van der Waals surface area contributed by atoms with Gasteiger partial charge in [0.1, 0.15) is 11.4 Å². The quantitative estimate of drug-likeness (QED) is 0.127. The molecule has 7 aromatic rings. The molecular formula is C40H29F3N8O5. The number of pyridine rings is 1. The van der Waals surface area contributed by atoms with Crippen molar-refractivity contribution < 1.29 is 37.8 Å². The van der Waals surface area contributed by atoms with Crippen LogP contribution in [-0.2, 0) is 6.18 Å². The predicted octanol–water partition coefficient (Wildman–Crippen LogP) is 7.38. The predicted molar refractivity (Wildman–Crippen MR) is 197 cm³/mol. The zero-order valence-electron chi connectivity index (χ0n) is 29.5. The Morgan fingerprint density at radius 2 is 1.16 bits per heavy atom. The van der Waals surface area contributed by atoms with Gasteiger partial charge in [0.05, 0.1) is 51.8 Å². The molecule has 0 radical (unpaired) electrons. The summed E-state index contributed by atoms with van der Waals surface area (Å²) in [7, 11) is 0. The lowest BCUT2D eigenvalue weighted by atomic mass is 9.98. The first-order valence-electron chi connectivity index (χ1n) is 16.9. The van der Waals surface area contributed by atoms with Crippen molar-refractivity contribution in [2.75, 3.05) is 6.54 Å². The molecule has 16 heteroatoms. The Hall–Kier alpha value is -7.49. The molecule has 0 aliphatic heterocycles. The Morgan fingerprint density at radius 1 is 0.661 bits per heavy atom. The number of carbonyl (C=O) groups excluding carboxylic acids is 1. The van der Waals surface area contributed by atoms with Crippen molar-refractivity contribution in [2.24, 2.45) is 0 Å². The second-order valence-corrected chi connectivity index (χ2v) is 12.6. The maximum absolute atomic E-state index is 13.7. The normalized spacial score (nSPS) is 11.4. The summed E-state index contributed by atoms with van der Waals surface area (Å²) in [5, 5.41) is 38.6. The molecule has 0 saturated carbocycles. The van der Waals surface area contributed by atoms with Crippen LogP contribution in [0.25, 0.3) is 56.4 Å². The van der Waals surface area contributed by atoms with Crippen LogP contribution in [0.5, 0.6) is 0 Å². The van der Waals surface area contributed by atoms with Crippen LogP contribution in [0.2, 0.25) is 0 Å². The molecule has 4 aromatic carbocycles.